The first-order valence-electron chi connectivity index (χ1n) is 13.3. The molecule has 0 aromatic carbocycles. The van der Waals surface area contributed by atoms with Crippen LogP contribution >= 0.6 is 0 Å². The van der Waals surface area contributed by atoms with Crippen LogP contribution in [0.3, 0.4) is 0 Å². The van der Waals surface area contributed by atoms with E-state index in [1.54, 1.807) is 0 Å². The maximum atomic E-state index is 4.98. The third-order valence-electron chi connectivity index (χ3n) is 7.41. The van der Waals surface area contributed by atoms with Crippen LogP contribution in [0.1, 0.15) is 62.0 Å². The van der Waals surface area contributed by atoms with Crippen molar-refractivity contribution in [2.75, 3.05) is 52.4 Å². The van der Waals surface area contributed by atoms with E-state index in [2.05, 4.69) is 65.3 Å². The average Bonchev–Trinajstić information content (AvgIpc) is 2.81. The van der Waals surface area contributed by atoms with Gasteiger partial charge in [0.2, 0.25) is 0 Å². The monoisotopic (exact) mass is 480 g/mol. The van der Waals surface area contributed by atoms with Crippen LogP contribution in [-0.4, -0.2) is 104 Å². The smallest absolute Gasteiger partial charge is 0.142 e. The third-order valence-corrected chi connectivity index (χ3v) is 7.41. The van der Waals surface area contributed by atoms with Gasteiger partial charge in [0.25, 0.3) is 0 Å². The predicted molar refractivity (Wildman–Crippen MR) is 140 cm³/mol. The summed E-state index contributed by atoms with van der Waals surface area (Å²) in [5.41, 5.74) is 4.40. The van der Waals surface area contributed by atoms with Crippen molar-refractivity contribution in [3.63, 3.8) is 0 Å². The van der Waals surface area contributed by atoms with Crippen molar-refractivity contribution in [3.8, 4) is 0 Å². The number of hydrogen-bond donors (Lipinski definition) is 0. The molecule has 2 fully saturated rings. The molecule has 2 saturated heterocycles. The van der Waals surface area contributed by atoms with Gasteiger partial charge < -0.3 is 0 Å². The normalized spacial score (nSPS) is 19.2. The van der Waals surface area contributed by atoms with Crippen LogP contribution in [0.15, 0.2) is 12.3 Å². The summed E-state index contributed by atoms with van der Waals surface area (Å²) in [5.74, 6) is 1.75. The lowest BCUT2D eigenvalue weighted by molar-refractivity contribution is 0.102. The van der Waals surface area contributed by atoms with E-state index < -0.39 is 0 Å². The lowest BCUT2D eigenvalue weighted by Gasteiger charge is -2.37. The fourth-order valence-corrected chi connectivity index (χ4v) is 5.18. The summed E-state index contributed by atoms with van der Waals surface area (Å²) in [7, 11) is 0. The number of rotatable bonds is 8. The molecule has 0 unspecified atom stereocenters. The minimum atomic E-state index is 0.614. The third kappa shape index (κ3) is 7.26. The lowest BCUT2D eigenvalue weighted by atomic mass is 10.1. The second kappa shape index (κ2) is 11.8. The van der Waals surface area contributed by atoms with Crippen molar-refractivity contribution < 1.29 is 0 Å². The minimum Gasteiger partial charge on any atom is -0.298 e. The molecule has 35 heavy (non-hydrogen) atoms. The van der Waals surface area contributed by atoms with Gasteiger partial charge in [0.05, 0.1) is 17.9 Å². The van der Waals surface area contributed by atoms with Gasteiger partial charge in [-0.05, 0) is 47.6 Å². The van der Waals surface area contributed by atoms with Crippen molar-refractivity contribution in [2.45, 2.75) is 73.1 Å². The van der Waals surface area contributed by atoms with E-state index in [9.17, 15) is 0 Å². The SMILES string of the molecule is Cc1cc(Cc2nc(C)ncc2CN2CCN(C(C)C)CC2)nc(CN2CCN(C(C)C)CC2)n1. The minimum absolute atomic E-state index is 0.614. The van der Waals surface area contributed by atoms with Gasteiger partial charge in [0.1, 0.15) is 11.6 Å². The van der Waals surface area contributed by atoms with Crippen molar-refractivity contribution >= 4 is 0 Å². The van der Waals surface area contributed by atoms with Crippen LogP contribution in [0.4, 0.5) is 0 Å². The summed E-state index contributed by atoms with van der Waals surface area (Å²) in [5, 5.41) is 0. The topological polar surface area (TPSA) is 64.5 Å². The Morgan fingerprint density at radius 1 is 0.743 bits per heavy atom. The van der Waals surface area contributed by atoms with Crippen molar-refractivity contribution in [2.24, 2.45) is 0 Å². The number of piperazine rings is 2. The van der Waals surface area contributed by atoms with E-state index in [1.165, 1.54) is 5.56 Å². The van der Waals surface area contributed by atoms with Gasteiger partial charge in [-0.1, -0.05) is 0 Å². The summed E-state index contributed by atoms with van der Waals surface area (Å²) in [6.07, 6.45) is 2.75. The number of nitrogens with zero attached hydrogens (tertiary/aromatic N) is 8. The highest BCUT2D eigenvalue weighted by atomic mass is 15.3. The maximum absolute atomic E-state index is 4.98. The second-order valence-corrected chi connectivity index (χ2v) is 10.8. The summed E-state index contributed by atoms with van der Waals surface area (Å²) >= 11 is 0. The molecule has 0 bridgehead atoms. The van der Waals surface area contributed by atoms with E-state index in [0.717, 1.165) is 101 Å². The Bertz CT molecular complexity index is 960. The molecule has 8 nitrogen and oxygen atoms in total. The standard InChI is InChI=1S/C27H44N8/c1-20(2)34-11-7-32(8-12-34)18-24-17-28-23(6)30-26(24)16-25-15-22(5)29-27(31-25)19-33-9-13-35(14-10-33)21(3)4/h15,17,20-21H,7-14,16,18-19H2,1-6H3. The summed E-state index contributed by atoms with van der Waals surface area (Å²) in [4.78, 5) is 29.2. The predicted octanol–water partition coefficient (Wildman–Crippen LogP) is 2.53. The van der Waals surface area contributed by atoms with Crippen LogP contribution < -0.4 is 0 Å². The molecule has 192 valence electrons. The quantitative estimate of drug-likeness (QED) is 0.571. The fourth-order valence-electron chi connectivity index (χ4n) is 5.18. The molecular formula is C27H44N8. The molecule has 4 rings (SSSR count). The summed E-state index contributed by atoms with van der Waals surface area (Å²) in [6.45, 7) is 23.7. The maximum Gasteiger partial charge on any atom is 0.142 e. The molecule has 0 amide bonds. The van der Waals surface area contributed by atoms with E-state index in [-0.39, 0.29) is 0 Å². The van der Waals surface area contributed by atoms with Crippen LogP contribution in [0.2, 0.25) is 0 Å². The van der Waals surface area contributed by atoms with E-state index in [1.807, 2.05) is 13.1 Å². The summed E-state index contributed by atoms with van der Waals surface area (Å²) < 4.78 is 0. The van der Waals surface area contributed by atoms with Crippen LogP contribution in [0.25, 0.3) is 0 Å². The van der Waals surface area contributed by atoms with Gasteiger partial charge in [0.15, 0.2) is 0 Å². The van der Waals surface area contributed by atoms with Crippen LogP contribution in [-0.2, 0) is 19.5 Å². The number of aryl methyl sites for hydroxylation is 2. The largest absolute Gasteiger partial charge is 0.298 e. The Balaban J connectivity index is 1.42. The highest BCUT2D eigenvalue weighted by molar-refractivity contribution is 5.24. The molecule has 0 N–H and O–H groups in total. The Morgan fingerprint density at radius 2 is 1.31 bits per heavy atom. The van der Waals surface area contributed by atoms with Gasteiger partial charge in [-0.15, -0.1) is 0 Å². The molecule has 0 radical (unpaired) electrons. The van der Waals surface area contributed by atoms with Crippen LogP contribution in [0.5, 0.6) is 0 Å². The first kappa shape index (κ1) is 26.1. The molecular weight excluding hydrogens is 436 g/mol. The van der Waals surface area contributed by atoms with Gasteiger partial charge in [-0.2, -0.15) is 0 Å². The number of aromatic nitrogens is 4. The van der Waals surface area contributed by atoms with Gasteiger partial charge >= 0.3 is 0 Å². The summed E-state index contributed by atoms with van der Waals surface area (Å²) in [6, 6.07) is 3.34. The molecule has 8 heteroatoms. The molecule has 2 aliphatic rings. The van der Waals surface area contributed by atoms with Gasteiger partial charge in [0, 0.05) is 94.9 Å². The highest BCUT2D eigenvalue weighted by Crippen LogP contribution is 2.17. The van der Waals surface area contributed by atoms with Crippen molar-refractivity contribution in [1.29, 1.82) is 0 Å². The molecule has 2 aromatic heterocycles. The van der Waals surface area contributed by atoms with Gasteiger partial charge in [-0.3, -0.25) is 19.6 Å². The molecule has 4 heterocycles. The van der Waals surface area contributed by atoms with Crippen molar-refractivity contribution in [1.82, 2.24) is 39.5 Å². The highest BCUT2D eigenvalue weighted by Gasteiger charge is 2.22. The molecule has 2 aliphatic heterocycles. The lowest BCUT2D eigenvalue weighted by Crippen LogP contribution is -2.48. The van der Waals surface area contributed by atoms with Crippen molar-refractivity contribution in [3.05, 3.63) is 46.6 Å². The fraction of sp³-hybridized carbons (Fsp3) is 0.704. The zero-order valence-corrected chi connectivity index (χ0v) is 22.7. The Morgan fingerprint density at radius 3 is 1.89 bits per heavy atom. The van der Waals surface area contributed by atoms with E-state index in [4.69, 9.17) is 15.0 Å². The van der Waals surface area contributed by atoms with Gasteiger partial charge in [-0.25, -0.2) is 19.9 Å². The van der Waals surface area contributed by atoms with E-state index >= 15 is 0 Å². The van der Waals surface area contributed by atoms with E-state index in [0.29, 0.717) is 12.1 Å². The first-order chi connectivity index (χ1) is 16.8. The zero-order chi connectivity index (χ0) is 24.9. The molecule has 2 aromatic rings. The van der Waals surface area contributed by atoms with Crippen LogP contribution in [0, 0.1) is 13.8 Å². The second-order valence-electron chi connectivity index (χ2n) is 10.8. The zero-order valence-electron chi connectivity index (χ0n) is 22.7. The molecule has 0 aliphatic carbocycles. The first-order valence-corrected chi connectivity index (χ1v) is 13.3. The Kier molecular flexibility index (Phi) is 8.81. The molecule has 0 atom stereocenters. The Hall–Kier alpha value is -2.00. The average molecular weight is 481 g/mol. The molecule has 0 saturated carbocycles. The molecule has 0 spiro atoms. The number of hydrogen-bond acceptors (Lipinski definition) is 8. The Labute approximate surface area is 211 Å².